The number of hydrogen-bond acceptors (Lipinski definition) is 0. The number of fused-ring (bicyclic) bond motifs is 1. The first-order valence-corrected chi connectivity index (χ1v) is 5.28. The zero-order valence-electron chi connectivity index (χ0n) is 8.21. The molecule has 0 atom stereocenters. The first-order valence-electron chi connectivity index (χ1n) is 4.48. The van der Waals surface area contributed by atoms with Crippen molar-refractivity contribution in [1.29, 1.82) is 0 Å². The Balaban J connectivity index is 0.000000396. The summed E-state index contributed by atoms with van der Waals surface area (Å²) in [7, 11) is 2.05. The summed E-state index contributed by atoms with van der Waals surface area (Å²) in [5.41, 5.74) is 1.26. The largest absolute Gasteiger partial charge is 0.351 e. The number of aromatic nitrogens is 1. The highest BCUT2D eigenvalue weighted by molar-refractivity contribution is 9.10. The fraction of sp³-hybridized carbons (Fsp3) is 0.273. The van der Waals surface area contributed by atoms with E-state index in [1.54, 1.807) is 0 Å². The molecule has 0 spiro atoms. The molecule has 0 N–H and O–H groups in total. The van der Waals surface area contributed by atoms with Crippen LogP contribution in [0.3, 0.4) is 0 Å². The molecule has 1 heterocycles. The minimum Gasteiger partial charge on any atom is -0.351 e. The molecule has 2 rings (SSSR count). The molecule has 1 aromatic heterocycles. The van der Waals surface area contributed by atoms with E-state index in [-0.39, 0.29) is 0 Å². The molecule has 0 saturated carbocycles. The van der Waals surface area contributed by atoms with Gasteiger partial charge >= 0.3 is 0 Å². The fourth-order valence-corrected chi connectivity index (χ4v) is 1.75. The molecule has 0 saturated heterocycles. The van der Waals surface area contributed by atoms with Gasteiger partial charge in [-0.05, 0) is 18.2 Å². The van der Waals surface area contributed by atoms with E-state index >= 15 is 0 Å². The van der Waals surface area contributed by atoms with Crippen molar-refractivity contribution in [2.45, 2.75) is 13.8 Å². The Labute approximate surface area is 87.5 Å². The summed E-state index contributed by atoms with van der Waals surface area (Å²) >= 11 is 3.50. The van der Waals surface area contributed by atoms with Crippen LogP contribution in [-0.2, 0) is 7.05 Å². The Morgan fingerprint density at radius 3 is 2.46 bits per heavy atom. The van der Waals surface area contributed by atoms with Crippen molar-refractivity contribution in [3.63, 3.8) is 0 Å². The number of hydrogen-bond donors (Lipinski definition) is 0. The second-order valence-electron chi connectivity index (χ2n) is 2.60. The van der Waals surface area contributed by atoms with Crippen molar-refractivity contribution in [2.24, 2.45) is 7.05 Å². The molecule has 2 heteroatoms. The average molecular weight is 240 g/mol. The summed E-state index contributed by atoms with van der Waals surface area (Å²) in [4.78, 5) is 0. The van der Waals surface area contributed by atoms with E-state index in [1.807, 2.05) is 19.9 Å². The van der Waals surface area contributed by atoms with Crippen molar-refractivity contribution in [1.82, 2.24) is 4.57 Å². The Bertz CT molecular complexity index is 390. The topological polar surface area (TPSA) is 4.93 Å². The monoisotopic (exact) mass is 239 g/mol. The Morgan fingerprint density at radius 1 is 1.15 bits per heavy atom. The maximum absolute atomic E-state index is 3.50. The minimum atomic E-state index is 1.16. The predicted octanol–water partition coefficient (Wildman–Crippen LogP) is 3.97. The summed E-state index contributed by atoms with van der Waals surface area (Å²) in [6.45, 7) is 4.00. The summed E-state index contributed by atoms with van der Waals surface area (Å²) in [6.07, 6.45) is 2.06. The zero-order valence-corrected chi connectivity index (χ0v) is 9.80. The third kappa shape index (κ3) is 1.94. The molecule has 0 aliphatic heterocycles. The average Bonchev–Trinajstić information content (AvgIpc) is 2.53. The van der Waals surface area contributed by atoms with E-state index < -0.39 is 0 Å². The highest BCUT2D eigenvalue weighted by Gasteiger charge is 1.98. The van der Waals surface area contributed by atoms with E-state index in [2.05, 4.69) is 51.9 Å². The van der Waals surface area contributed by atoms with Crippen molar-refractivity contribution in [3.8, 4) is 0 Å². The van der Waals surface area contributed by atoms with Gasteiger partial charge in [-0.25, -0.2) is 0 Å². The molecule has 0 bridgehead atoms. The number of aryl methyl sites for hydroxylation is 1. The molecule has 0 amide bonds. The summed E-state index contributed by atoms with van der Waals surface area (Å²) < 4.78 is 3.27. The first-order chi connectivity index (χ1) is 6.29. The van der Waals surface area contributed by atoms with Gasteiger partial charge in [-0.15, -0.1) is 0 Å². The third-order valence-corrected chi connectivity index (χ3v) is 2.57. The van der Waals surface area contributed by atoms with Gasteiger partial charge in [0.05, 0.1) is 0 Å². The maximum Gasteiger partial charge on any atom is 0.0489 e. The van der Waals surface area contributed by atoms with Crippen LogP contribution < -0.4 is 0 Å². The van der Waals surface area contributed by atoms with E-state index in [9.17, 15) is 0 Å². The van der Waals surface area contributed by atoms with Gasteiger partial charge in [0, 0.05) is 28.6 Å². The van der Waals surface area contributed by atoms with Gasteiger partial charge < -0.3 is 4.57 Å². The smallest absolute Gasteiger partial charge is 0.0489 e. The molecular weight excluding hydrogens is 226 g/mol. The fourth-order valence-electron chi connectivity index (χ4n) is 1.26. The molecular formula is C11H14BrN. The molecule has 0 radical (unpaired) electrons. The van der Waals surface area contributed by atoms with Crippen molar-refractivity contribution >= 4 is 26.8 Å². The molecule has 70 valence electrons. The molecule has 0 unspecified atom stereocenters. The lowest BCUT2D eigenvalue weighted by atomic mass is 10.2. The second kappa shape index (κ2) is 4.47. The van der Waals surface area contributed by atoms with Gasteiger partial charge in [-0.1, -0.05) is 35.8 Å². The molecule has 1 nitrogen and oxygen atoms in total. The second-order valence-corrected chi connectivity index (χ2v) is 3.45. The van der Waals surface area contributed by atoms with E-state index in [1.165, 1.54) is 10.9 Å². The SMILES string of the molecule is CC.Cn1ccc2c(Br)cccc21. The van der Waals surface area contributed by atoms with Crippen LogP contribution in [0.2, 0.25) is 0 Å². The van der Waals surface area contributed by atoms with Crippen LogP contribution in [0, 0.1) is 0 Å². The summed E-state index contributed by atoms with van der Waals surface area (Å²) in [5.74, 6) is 0. The predicted molar refractivity (Wildman–Crippen MR) is 62.0 cm³/mol. The van der Waals surface area contributed by atoms with Crippen LogP contribution >= 0.6 is 15.9 Å². The minimum absolute atomic E-state index is 1.16. The maximum atomic E-state index is 3.50. The lowest BCUT2D eigenvalue weighted by Gasteiger charge is -1.95. The van der Waals surface area contributed by atoms with Gasteiger partial charge in [0.15, 0.2) is 0 Å². The van der Waals surface area contributed by atoms with Crippen LogP contribution in [0.4, 0.5) is 0 Å². The molecule has 13 heavy (non-hydrogen) atoms. The molecule has 0 fully saturated rings. The molecule has 2 aromatic rings. The standard InChI is InChI=1S/C9H8BrN.C2H6/c1-11-6-5-7-8(10)3-2-4-9(7)11;1-2/h2-6H,1H3;1-2H3. The number of benzene rings is 1. The summed E-state index contributed by atoms with van der Waals surface area (Å²) in [5, 5.41) is 1.27. The Morgan fingerprint density at radius 2 is 1.85 bits per heavy atom. The number of rotatable bonds is 0. The van der Waals surface area contributed by atoms with Crippen LogP contribution in [0.15, 0.2) is 34.9 Å². The lowest BCUT2D eigenvalue weighted by molar-refractivity contribution is 0.969. The van der Waals surface area contributed by atoms with Crippen molar-refractivity contribution in [3.05, 3.63) is 34.9 Å². The molecule has 0 aliphatic carbocycles. The van der Waals surface area contributed by atoms with Gasteiger partial charge in [0.25, 0.3) is 0 Å². The van der Waals surface area contributed by atoms with Gasteiger partial charge in [0.1, 0.15) is 0 Å². The van der Waals surface area contributed by atoms with E-state index in [4.69, 9.17) is 0 Å². The zero-order chi connectivity index (χ0) is 9.84. The van der Waals surface area contributed by atoms with Gasteiger partial charge in [-0.3, -0.25) is 0 Å². The van der Waals surface area contributed by atoms with Crippen LogP contribution in [0.1, 0.15) is 13.8 Å². The Kier molecular flexibility index (Phi) is 3.55. The molecule has 1 aromatic carbocycles. The highest BCUT2D eigenvalue weighted by Crippen LogP contribution is 2.23. The first kappa shape index (κ1) is 10.3. The lowest BCUT2D eigenvalue weighted by Crippen LogP contribution is -1.82. The van der Waals surface area contributed by atoms with E-state index in [0.29, 0.717) is 0 Å². The van der Waals surface area contributed by atoms with Gasteiger partial charge in [0.2, 0.25) is 0 Å². The van der Waals surface area contributed by atoms with Crippen molar-refractivity contribution in [2.75, 3.05) is 0 Å². The number of halogens is 1. The number of nitrogens with zero attached hydrogens (tertiary/aromatic N) is 1. The van der Waals surface area contributed by atoms with Crippen LogP contribution in [0.25, 0.3) is 10.9 Å². The highest BCUT2D eigenvalue weighted by atomic mass is 79.9. The van der Waals surface area contributed by atoms with Crippen molar-refractivity contribution < 1.29 is 0 Å². The van der Waals surface area contributed by atoms with Gasteiger partial charge in [-0.2, -0.15) is 0 Å². The third-order valence-electron chi connectivity index (χ3n) is 1.87. The molecule has 0 aliphatic rings. The normalized spacial score (nSPS) is 9.54. The van der Waals surface area contributed by atoms with Crippen LogP contribution in [0.5, 0.6) is 0 Å². The van der Waals surface area contributed by atoms with E-state index in [0.717, 1.165) is 4.47 Å². The summed E-state index contributed by atoms with van der Waals surface area (Å²) in [6, 6.07) is 8.33. The van der Waals surface area contributed by atoms with Crippen LogP contribution in [-0.4, -0.2) is 4.57 Å². The quantitative estimate of drug-likeness (QED) is 0.656. The Hall–Kier alpha value is -0.760.